The third kappa shape index (κ3) is 6.23. The molecule has 96 valence electrons. The van der Waals surface area contributed by atoms with Crippen LogP contribution in [0.15, 0.2) is 0 Å². The van der Waals surface area contributed by atoms with Crippen molar-refractivity contribution in [2.75, 3.05) is 18.1 Å². The van der Waals surface area contributed by atoms with E-state index in [9.17, 15) is 13.2 Å². The van der Waals surface area contributed by atoms with Crippen LogP contribution >= 0.6 is 0 Å². The molecule has 0 aliphatic heterocycles. The Hall–Kier alpha value is -0.420. The number of hydrogen-bond donors (Lipinski definition) is 1. The highest BCUT2D eigenvalue weighted by atomic mass is 32.2. The lowest BCUT2D eigenvalue weighted by molar-refractivity contribution is -0.122. The molecule has 4 nitrogen and oxygen atoms in total. The zero-order valence-corrected chi connectivity index (χ0v) is 11.2. The number of rotatable bonds is 8. The summed E-state index contributed by atoms with van der Waals surface area (Å²) in [5.41, 5.74) is 5.52. The van der Waals surface area contributed by atoms with Crippen LogP contribution in [0.5, 0.6) is 0 Å². The van der Waals surface area contributed by atoms with Gasteiger partial charge in [-0.15, -0.1) is 0 Å². The number of sulfone groups is 1. The number of Topliss-reactive ketones (excluding diaryl/α,β-unsaturated/α-hetero) is 1. The molecule has 0 heterocycles. The van der Waals surface area contributed by atoms with Crippen molar-refractivity contribution in [3.63, 3.8) is 0 Å². The minimum atomic E-state index is -3.05. The normalized spacial score (nSPS) is 14.1. The molecule has 0 aliphatic carbocycles. The first-order valence-corrected chi connectivity index (χ1v) is 7.57. The van der Waals surface area contributed by atoms with Gasteiger partial charge in [0.1, 0.15) is 15.6 Å². The largest absolute Gasteiger partial charge is 0.330 e. The van der Waals surface area contributed by atoms with Gasteiger partial charge in [0.2, 0.25) is 0 Å². The second-order valence-electron chi connectivity index (χ2n) is 4.51. The van der Waals surface area contributed by atoms with Crippen LogP contribution in [0, 0.1) is 11.8 Å². The van der Waals surface area contributed by atoms with Crippen LogP contribution in [-0.4, -0.2) is 32.3 Å². The number of carbonyl (C=O) groups excluding carboxylic acids is 1. The van der Waals surface area contributed by atoms with Crippen LogP contribution in [0.2, 0.25) is 0 Å². The first kappa shape index (κ1) is 15.6. The number of ketones is 1. The van der Waals surface area contributed by atoms with Gasteiger partial charge in [-0.2, -0.15) is 0 Å². The average molecular weight is 249 g/mol. The highest BCUT2D eigenvalue weighted by Gasteiger charge is 2.20. The van der Waals surface area contributed by atoms with Crippen LogP contribution in [-0.2, 0) is 14.6 Å². The third-order valence-corrected chi connectivity index (χ3v) is 4.30. The zero-order valence-electron chi connectivity index (χ0n) is 10.4. The van der Waals surface area contributed by atoms with Gasteiger partial charge < -0.3 is 5.73 Å². The Balaban J connectivity index is 4.23. The summed E-state index contributed by atoms with van der Waals surface area (Å²) in [6, 6.07) is 0. The Kier molecular flexibility index (Phi) is 6.83. The molecule has 0 aromatic carbocycles. The monoisotopic (exact) mass is 249 g/mol. The Morgan fingerprint density at radius 1 is 1.31 bits per heavy atom. The smallest absolute Gasteiger partial charge is 0.150 e. The van der Waals surface area contributed by atoms with Crippen LogP contribution in [0.3, 0.4) is 0 Å². The van der Waals surface area contributed by atoms with E-state index in [-0.39, 0.29) is 29.6 Å². The molecule has 0 aliphatic rings. The van der Waals surface area contributed by atoms with Crippen LogP contribution < -0.4 is 5.73 Å². The van der Waals surface area contributed by atoms with Gasteiger partial charge in [0.05, 0.1) is 5.75 Å². The molecule has 2 N–H and O–H groups in total. The van der Waals surface area contributed by atoms with E-state index in [1.54, 1.807) is 6.92 Å². The van der Waals surface area contributed by atoms with Crippen molar-refractivity contribution in [3.8, 4) is 0 Å². The fraction of sp³-hybridized carbons (Fsp3) is 0.909. The van der Waals surface area contributed by atoms with Crippen molar-refractivity contribution in [3.05, 3.63) is 0 Å². The van der Waals surface area contributed by atoms with Gasteiger partial charge in [0, 0.05) is 24.6 Å². The summed E-state index contributed by atoms with van der Waals surface area (Å²) in [5.74, 6) is 0.245. The first-order chi connectivity index (χ1) is 7.32. The summed E-state index contributed by atoms with van der Waals surface area (Å²) in [4.78, 5) is 11.7. The van der Waals surface area contributed by atoms with E-state index in [0.717, 1.165) is 6.42 Å². The molecule has 0 saturated heterocycles. The molecule has 0 spiro atoms. The first-order valence-electron chi connectivity index (χ1n) is 5.75. The predicted molar refractivity (Wildman–Crippen MR) is 66.0 cm³/mol. The van der Waals surface area contributed by atoms with E-state index >= 15 is 0 Å². The fourth-order valence-corrected chi connectivity index (χ4v) is 2.33. The summed E-state index contributed by atoms with van der Waals surface area (Å²) in [7, 11) is -3.05. The maximum atomic E-state index is 11.7. The molecule has 1 unspecified atom stereocenters. The third-order valence-electron chi connectivity index (χ3n) is 2.60. The molecule has 16 heavy (non-hydrogen) atoms. The molecule has 5 heteroatoms. The summed E-state index contributed by atoms with van der Waals surface area (Å²) < 4.78 is 22.5. The quantitative estimate of drug-likeness (QED) is 0.696. The minimum Gasteiger partial charge on any atom is -0.330 e. The van der Waals surface area contributed by atoms with E-state index in [0.29, 0.717) is 12.5 Å². The number of carbonyl (C=O) groups is 1. The number of nitrogens with two attached hydrogens (primary N) is 1. The number of hydrogen-bond acceptors (Lipinski definition) is 4. The lowest BCUT2D eigenvalue weighted by Gasteiger charge is -2.15. The van der Waals surface area contributed by atoms with Gasteiger partial charge in [0.15, 0.2) is 0 Å². The van der Waals surface area contributed by atoms with Crippen LogP contribution in [0.4, 0.5) is 0 Å². The minimum absolute atomic E-state index is 0.0202. The topological polar surface area (TPSA) is 77.2 Å². The van der Waals surface area contributed by atoms with Crippen LogP contribution in [0.25, 0.3) is 0 Å². The molecule has 0 bridgehead atoms. The summed E-state index contributed by atoms with van der Waals surface area (Å²) in [6.07, 6.45) is 0.840. The van der Waals surface area contributed by atoms with E-state index in [4.69, 9.17) is 5.73 Å². The van der Waals surface area contributed by atoms with Crippen molar-refractivity contribution >= 4 is 15.6 Å². The van der Waals surface area contributed by atoms with Gasteiger partial charge in [-0.1, -0.05) is 20.8 Å². The average Bonchev–Trinajstić information content (AvgIpc) is 2.22. The van der Waals surface area contributed by atoms with Gasteiger partial charge in [-0.3, -0.25) is 4.79 Å². The second-order valence-corrected chi connectivity index (χ2v) is 6.99. The molecule has 0 aromatic rings. The van der Waals surface area contributed by atoms with Crippen molar-refractivity contribution in [2.45, 2.75) is 33.6 Å². The van der Waals surface area contributed by atoms with Gasteiger partial charge in [0.25, 0.3) is 0 Å². The maximum absolute atomic E-state index is 11.7. The second kappa shape index (κ2) is 7.01. The summed E-state index contributed by atoms with van der Waals surface area (Å²) >= 11 is 0. The SMILES string of the molecule is CCS(=O)(=O)CCC(=O)C(CN)CC(C)C. The van der Waals surface area contributed by atoms with Crippen molar-refractivity contribution in [1.29, 1.82) is 0 Å². The van der Waals surface area contributed by atoms with E-state index in [1.165, 1.54) is 0 Å². The summed E-state index contributed by atoms with van der Waals surface area (Å²) in [5, 5.41) is 0. The maximum Gasteiger partial charge on any atom is 0.150 e. The molecular formula is C11H23NO3S. The van der Waals surface area contributed by atoms with Crippen molar-refractivity contribution < 1.29 is 13.2 Å². The van der Waals surface area contributed by atoms with Crippen LogP contribution in [0.1, 0.15) is 33.6 Å². The highest BCUT2D eigenvalue weighted by Crippen LogP contribution is 2.13. The molecular weight excluding hydrogens is 226 g/mol. The lowest BCUT2D eigenvalue weighted by Crippen LogP contribution is -2.27. The van der Waals surface area contributed by atoms with Gasteiger partial charge in [-0.05, 0) is 12.3 Å². The molecule has 0 aromatic heterocycles. The molecule has 1 atom stereocenters. The molecule has 0 rings (SSSR count). The van der Waals surface area contributed by atoms with Gasteiger partial charge >= 0.3 is 0 Å². The van der Waals surface area contributed by atoms with E-state index in [2.05, 4.69) is 0 Å². The zero-order chi connectivity index (χ0) is 12.8. The van der Waals surface area contributed by atoms with Crippen molar-refractivity contribution in [1.82, 2.24) is 0 Å². The Bertz CT molecular complexity index is 309. The summed E-state index contributed by atoms with van der Waals surface area (Å²) in [6.45, 7) is 5.95. The molecule has 0 amide bonds. The fourth-order valence-electron chi connectivity index (χ4n) is 1.53. The van der Waals surface area contributed by atoms with Crippen molar-refractivity contribution in [2.24, 2.45) is 17.6 Å². The molecule has 0 saturated carbocycles. The molecule has 0 radical (unpaired) electrons. The Morgan fingerprint density at radius 2 is 1.88 bits per heavy atom. The lowest BCUT2D eigenvalue weighted by atomic mass is 9.92. The van der Waals surface area contributed by atoms with Gasteiger partial charge in [-0.25, -0.2) is 8.42 Å². The Morgan fingerprint density at radius 3 is 2.25 bits per heavy atom. The van der Waals surface area contributed by atoms with E-state index in [1.807, 2.05) is 13.8 Å². The van der Waals surface area contributed by atoms with E-state index < -0.39 is 9.84 Å². The molecule has 0 fully saturated rings. The standard InChI is InChI=1S/C11H23NO3S/c1-4-16(14,15)6-5-11(13)10(8-12)7-9(2)3/h9-10H,4-8,12H2,1-3H3. The predicted octanol–water partition coefficient (Wildman–Crippen LogP) is 1.00. The Labute approximate surface area is 98.5 Å². The highest BCUT2D eigenvalue weighted by molar-refractivity contribution is 7.91.